The normalized spacial score (nSPS) is 15.0. The van der Waals surface area contributed by atoms with Gasteiger partial charge >= 0.3 is 5.97 Å². The summed E-state index contributed by atoms with van der Waals surface area (Å²) >= 11 is 0. The van der Waals surface area contributed by atoms with Crippen LogP contribution in [0.5, 0.6) is 11.5 Å². The van der Waals surface area contributed by atoms with E-state index in [-0.39, 0.29) is 21.9 Å². The summed E-state index contributed by atoms with van der Waals surface area (Å²) in [5, 5.41) is 9.38. The molecule has 9 heteroatoms. The fourth-order valence-corrected chi connectivity index (χ4v) is 4.72. The molecule has 0 spiro atoms. The summed E-state index contributed by atoms with van der Waals surface area (Å²) in [4.78, 5) is 13.5. The van der Waals surface area contributed by atoms with Crippen LogP contribution in [0.4, 0.5) is 11.4 Å². The lowest BCUT2D eigenvalue weighted by molar-refractivity contribution is 0.0697. The highest BCUT2D eigenvalue weighted by Gasteiger charge is 2.25. The SMILES string of the molecule is COc1ccc(OC)c(S(=O)(=O)Nc2cc(C(=O)O)ccc2N2CCC(C)CC2)c1. The van der Waals surface area contributed by atoms with Crippen LogP contribution in [0.15, 0.2) is 41.3 Å². The Bertz CT molecular complexity index is 1030. The Hall–Kier alpha value is -2.94. The number of rotatable bonds is 7. The number of ether oxygens (including phenoxy) is 2. The highest BCUT2D eigenvalue weighted by molar-refractivity contribution is 7.92. The second kappa shape index (κ2) is 8.83. The molecule has 0 aromatic heterocycles. The first-order chi connectivity index (χ1) is 14.2. The number of nitrogens with one attached hydrogen (secondary N) is 1. The zero-order chi connectivity index (χ0) is 21.9. The van der Waals surface area contributed by atoms with Crippen molar-refractivity contribution in [2.75, 3.05) is 36.9 Å². The standard InChI is InChI=1S/C21H26N2O6S/c1-14-8-10-23(11-9-14)18-6-4-15(21(24)25)12-17(18)22-30(26,27)20-13-16(28-2)5-7-19(20)29-3/h4-7,12-14,22H,8-11H2,1-3H3,(H,24,25). The fraction of sp³-hybridized carbons (Fsp3) is 0.381. The molecule has 0 radical (unpaired) electrons. The average Bonchev–Trinajstić information content (AvgIpc) is 2.73. The molecule has 0 bridgehead atoms. The molecule has 1 saturated heterocycles. The molecule has 0 amide bonds. The highest BCUT2D eigenvalue weighted by Crippen LogP contribution is 2.35. The van der Waals surface area contributed by atoms with Gasteiger partial charge in [0.25, 0.3) is 10.0 Å². The maximum atomic E-state index is 13.2. The smallest absolute Gasteiger partial charge is 0.335 e. The lowest BCUT2D eigenvalue weighted by Gasteiger charge is -2.33. The summed E-state index contributed by atoms with van der Waals surface area (Å²) in [6.45, 7) is 3.72. The minimum absolute atomic E-state index is 0.000523. The molecule has 0 unspecified atom stereocenters. The minimum atomic E-state index is -4.08. The molecule has 162 valence electrons. The summed E-state index contributed by atoms with van der Waals surface area (Å²) in [6.07, 6.45) is 1.97. The van der Waals surface area contributed by atoms with Crippen LogP contribution in [-0.2, 0) is 10.0 Å². The number of sulfonamides is 1. The van der Waals surface area contributed by atoms with Crippen molar-refractivity contribution in [3.63, 3.8) is 0 Å². The number of nitrogens with zero attached hydrogens (tertiary/aromatic N) is 1. The van der Waals surface area contributed by atoms with Crippen molar-refractivity contribution in [3.05, 3.63) is 42.0 Å². The average molecular weight is 435 g/mol. The lowest BCUT2D eigenvalue weighted by atomic mass is 9.98. The van der Waals surface area contributed by atoms with Crippen molar-refractivity contribution in [2.24, 2.45) is 5.92 Å². The van der Waals surface area contributed by atoms with Crippen molar-refractivity contribution in [2.45, 2.75) is 24.7 Å². The number of hydrogen-bond acceptors (Lipinski definition) is 6. The van der Waals surface area contributed by atoms with Crippen molar-refractivity contribution in [3.8, 4) is 11.5 Å². The van der Waals surface area contributed by atoms with Crippen molar-refractivity contribution < 1.29 is 27.8 Å². The zero-order valence-electron chi connectivity index (χ0n) is 17.2. The van der Waals surface area contributed by atoms with E-state index in [1.807, 2.05) is 0 Å². The summed E-state index contributed by atoms with van der Waals surface area (Å²) in [7, 11) is -1.25. The zero-order valence-corrected chi connectivity index (χ0v) is 18.0. The number of anilines is 2. The van der Waals surface area contributed by atoms with E-state index in [1.165, 1.54) is 38.5 Å². The van der Waals surface area contributed by atoms with E-state index in [1.54, 1.807) is 12.1 Å². The third-order valence-corrected chi connectivity index (χ3v) is 6.66. The van der Waals surface area contributed by atoms with Crippen LogP contribution >= 0.6 is 0 Å². The van der Waals surface area contributed by atoms with Gasteiger partial charge < -0.3 is 19.5 Å². The summed E-state index contributed by atoms with van der Waals surface area (Å²) in [5.41, 5.74) is 0.867. The summed E-state index contributed by atoms with van der Waals surface area (Å²) in [5.74, 6) is -0.0132. The number of methoxy groups -OCH3 is 2. The molecule has 3 rings (SSSR count). The van der Waals surface area contributed by atoms with Crippen LogP contribution in [0, 0.1) is 5.92 Å². The maximum Gasteiger partial charge on any atom is 0.335 e. The van der Waals surface area contributed by atoms with Crippen LogP contribution < -0.4 is 19.1 Å². The number of carbonyl (C=O) groups is 1. The van der Waals surface area contributed by atoms with Crippen LogP contribution in [0.3, 0.4) is 0 Å². The molecule has 2 aromatic rings. The van der Waals surface area contributed by atoms with E-state index in [0.29, 0.717) is 17.4 Å². The predicted molar refractivity (Wildman–Crippen MR) is 114 cm³/mol. The molecule has 2 N–H and O–H groups in total. The van der Waals surface area contributed by atoms with Gasteiger partial charge in [-0.25, -0.2) is 13.2 Å². The maximum absolute atomic E-state index is 13.2. The molecule has 2 aromatic carbocycles. The van der Waals surface area contributed by atoms with E-state index >= 15 is 0 Å². The molecular weight excluding hydrogens is 408 g/mol. The Balaban J connectivity index is 2.04. The molecule has 0 atom stereocenters. The molecule has 0 saturated carbocycles. The van der Waals surface area contributed by atoms with Gasteiger partial charge in [0.2, 0.25) is 0 Å². The third-order valence-electron chi connectivity index (χ3n) is 5.27. The van der Waals surface area contributed by atoms with Gasteiger partial charge in [-0.1, -0.05) is 6.92 Å². The second-order valence-electron chi connectivity index (χ2n) is 7.33. The van der Waals surface area contributed by atoms with Gasteiger partial charge in [-0.05, 0) is 49.1 Å². The molecule has 1 fully saturated rings. The number of aromatic carboxylic acids is 1. The molecule has 30 heavy (non-hydrogen) atoms. The van der Waals surface area contributed by atoms with Crippen LogP contribution in [-0.4, -0.2) is 46.8 Å². The highest BCUT2D eigenvalue weighted by atomic mass is 32.2. The number of carboxylic acids is 1. The lowest BCUT2D eigenvalue weighted by Crippen LogP contribution is -2.33. The Labute approximate surface area is 176 Å². The van der Waals surface area contributed by atoms with Crippen LogP contribution in [0.2, 0.25) is 0 Å². The molecule has 1 aliphatic rings. The largest absolute Gasteiger partial charge is 0.497 e. The van der Waals surface area contributed by atoms with E-state index in [2.05, 4.69) is 16.5 Å². The van der Waals surface area contributed by atoms with Gasteiger partial charge in [-0.2, -0.15) is 0 Å². The topological polar surface area (TPSA) is 105 Å². The van der Waals surface area contributed by atoms with E-state index < -0.39 is 16.0 Å². The first kappa shape index (κ1) is 21.8. The summed E-state index contributed by atoms with van der Waals surface area (Å²) < 4.78 is 39.3. The number of carboxylic acid groups (broad SMARTS) is 1. The van der Waals surface area contributed by atoms with Gasteiger partial charge in [-0.3, -0.25) is 4.72 Å². The van der Waals surface area contributed by atoms with E-state index in [0.717, 1.165) is 25.9 Å². The third kappa shape index (κ3) is 4.62. The Morgan fingerprint density at radius 3 is 2.40 bits per heavy atom. The molecule has 1 aliphatic heterocycles. The fourth-order valence-electron chi connectivity index (χ4n) is 3.47. The van der Waals surface area contributed by atoms with Gasteiger partial charge in [0.05, 0.1) is 31.2 Å². The van der Waals surface area contributed by atoms with Crippen molar-refractivity contribution in [1.29, 1.82) is 0 Å². The second-order valence-corrected chi connectivity index (χ2v) is 8.98. The number of hydrogen-bond donors (Lipinski definition) is 2. The quantitative estimate of drug-likeness (QED) is 0.688. The number of piperidine rings is 1. The first-order valence-corrected chi connectivity index (χ1v) is 11.1. The van der Waals surface area contributed by atoms with Crippen molar-refractivity contribution >= 4 is 27.4 Å². The van der Waals surface area contributed by atoms with Crippen molar-refractivity contribution in [1.82, 2.24) is 0 Å². The Morgan fingerprint density at radius 1 is 1.10 bits per heavy atom. The summed E-state index contributed by atoms with van der Waals surface area (Å²) in [6, 6.07) is 8.96. The molecular formula is C21H26N2O6S. The van der Waals surface area contributed by atoms with Gasteiger partial charge in [0, 0.05) is 19.2 Å². The van der Waals surface area contributed by atoms with Crippen LogP contribution in [0.1, 0.15) is 30.1 Å². The van der Waals surface area contributed by atoms with Crippen LogP contribution in [0.25, 0.3) is 0 Å². The van der Waals surface area contributed by atoms with Gasteiger partial charge in [0.15, 0.2) is 0 Å². The number of benzene rings is 2. The van der Waals surface area contributed by atoms with Gasteiger partial charge in [-0.15, -0.1) is 0 Å². The Kier molecular flexibility index (Phi) is 6.40. The Morgan fingerprint density at radius 2 is 1.80 bits per heavy atom. The first-order valence-electron chi connectivity index (χ1n) is 9.62. The predicted octanol–water partition coefficient (Wildman–Crippen LogP) is 3.44. The van der Waals surface area contributed by atoms with E-state index in [9.17, 15) is 18.3 Å². The molecule has 8 nitrogen and oxygen atoms in total. The monoisotopic (exact) mass is 434 g/mol. The van der Waals surface area contributed by atoms with E-state index in [4.69, 9.17) is 9.47 Å². The minimum Gasteiger partial charge on any atom is -0.497 e. The molecule has 0 aliphatic carbocycles. The van der Waals surface area contributed by atoms with Gasteiger partial charge in [0.1, 0.15) is 16.4 Å². The molecule has 1 heterocycles.